The fourth-order valence-corrected chi connectivity index (χ4v) is 6.95. The summed E-state index contributed by atoms with van der Waals surface area (Å²) in [4.78, 5) is 20.4. The zero-order chi connectivity index (χ0) is 22.0. The predicted molar refractivity (Wildman–Crippen MR) is 118 cm³/mol. The minimum Gasteiger partial charge on any atom is -0.394 e. The lowest BCUT2D eigenvalue weighted by atomic mass is 9.77. The molecule has 4 heterocycles. The van der Waals surface area contributed by atoms with Gasteiger partial charge in [-0.1, -0.05) is 11.6 Å². The lowest BCUT2D eigenvalue weighted by Crippen LogP contribution is -2.49. The summed E-state index contributed by atoms with van der Waals surface area (Å²) in [5.41, 5.74) is 0.407. The second-order valence-electron chi connectivity index (χ2n) is 9.30. The molecule has 8 nitrogen and oxygen atoms in total. The Balaban J connectivity index is 1.29. The first-order valence-corrected chi connectivity index (χ1v) is 12.6. The topological polar surface area (TPSA) is 104 Å². The van der Waals surface area contributed by atoms with Crippen molar-refractivity contribution in [1.29, 1.82) is 0 Å². The number of aliphatic hydroxyl groups excluding tert-OH is 1. The van der Waals surface area contributed by atoms with Crippen molar-refractivity contribution in [3.8, 4) is 0 Å². The molecule has 0 amide bonds. The first-order chi connectivity index (χ1) is 15.5. The molecule has 5 atom stereocenters. The number of hydrogen-bond acceptors (Lipinski definition) is 8. The van der Waals surface area contributed by atoms with Crippen LogP contribution < -0.4 is 10.2 Å². The Morgan fingerprint density at radius 3 is 2.72 bits per heavy atom. The lowest BCUT2D eigenvalue weighted by molar-refractivity contribution is 0.143. The molecule has 4 aliphatic rings. The van der Waals surface area contributed by atoms with Gasteiger partial charge < -0.3 is 15.3 Å². The van der Waals surface area contributed by atoms with E-state index in [4.69, 9.17) is 21.6 Å². The molecule has 0 radical (unpaired) electrons. The van der Waals surface area contributed by atoms with Crippen LogP contribution in [0.1, 0.15) is 55.5 Å². The first-order valence-electron chi connectivity index (χ1n) is 11.1. The molecule has 2 aliphatic carbocycles. The number of aliphatic hydroxyl groups is 1. The Morgan fingerprint density at radius 1 is 1.28 bits per heavy atom. The quantitative estimate of drug-likeness (QED) is 0.675. The maximum atomic E-state index is 15.2. The number of fused-ring (bicyclic) bond motifs is 3. The van der Waals surface area contributed by atoms with E-state index >= 15 is 4.39 Å². The minimum atomic E-state index is -1.17. The zero-order valence-electron chi connectivity index (χ0n) is 17.4. The van der Waals surface area contributed by atoms with Gasteiger partial charge in [0.05, 0.1) is 46.1 Å². The number of piperidine rings is 1. The van der Waals surface area contributed by atoms with Gasteiger partial charge in [-0.2, -0.15) is 4.98 Å². The van der Waals surface area contributed by atoms with Crippen molar-refractivity contribution in [3.05, 3.63) is 28.9 Å². The third kappa shape index (κ3) is 3.30. The van der Waals surface area contributed by atoms with Gasteiger partial charge in [0.25, 0.3) is 0 Å². The first kappa shape index (κ1) is 20.7. The number of anilines is 2. The molecular weight excluding hydrogens is 455 g/mol. The summed E-state index contributed by atoms with van der Waals surface area (Å²) in [7, 11) is -1.14. The Bertz CT molecular complexity index is 1080. The minimum absolute atomic E-state index is 0.000355. The highest BCUT2D eigenvalue weighted by Gasteiger charge is 2.55. The molecule has 0 aromatic carbocycles. The lowest BCUT2D eigenvalue weighted by Gasteiger charge is -2.42. The largest absolute Gasteiger partial charge is 0.394 e. The summed E-state index contributed by atoms with van der Waals surface area (Å²) in [6.07, 6.45) is 5.95. The fraction of sp³-hybridized carbons (Fsp3) is 0.619. The van der Waals surface area contributed by atoms with E-state index in [0.717, 1.165) is 31.4 Å². The van der Waals surface area contributed by atoms with Crippen LogP contribution in [0.15, 0.2) is 17.3 Å². The molecule has 4 unspecified atom stereocenters. The maximum absolute atomic E-state index is 15.2. The Labute approximate surface area is 192 Å². The average molecular weight is 479 g/mol. The molecule has 11 heteroatoms. The predicted octanol–water partition coefficient (Wildman–Crippen LogP) is 2.56. The fourth-order valence-electron chi connectivity index (χ4n) is 5.05. The van der Waals surface area contributed by atoms with Gasteiger partial charge in [-0.15, -0.1) is 0 Å². The van der Waals surface area contributed by atoms with E-state index < -0.39 is 28.4 Å². The van der Waals surface area contributed by atoms with E-state index in [1.165, 1.54) is 12.4 Å². The second kappa shape index (κ2) is 7.56. The standard InChI is InChI=1S/C21H24ClFN6O2S/c22-11-7-24-18(25-8-11)12-2-5-29(9-14(12)23)20-26-16-13-6-15(13)32(31)17(16)19(27-20)28-21(10-30)3-1-4-21/h7-8,12-15,30H,1-6,9-10H2,(H,26,27,28)/t12?,13?,14?,15?,32-/m1/s1. The van der Waals surface area contributed by atoms with Gasteiger partial charge >= 0.3 is 0 Å². The molecule has 3 fully saturated rings. The van der Waals surface area contributed by atoms with Crippen LogP contribution in [-0.2, 0) is 10.8 Å². The van der Waals surface area contributed by atoms with Crippen molar-refractivity contribution in [3.63, 3.8) is 0 Å². The number of nitrogens with zero attached hydrogens (tertiary/aromatic N) is 5. The van der Waals surface area contributed by atoms with Gasteiger partial charge in [0.1, 0.15) is 22.7 Å². The molecule has 2 saturated carbocycles. The monoisotopic (exact) mass is 478 g/mol. The van der Waals surface area contributed by atoms with Gasteiger partial charge in [-0.05, 0) is 32.1 Å². The van der Waals surface area contributed by atoms with Crippen LogP contribution in [0, 0.1) is 0 Å². The molecule has 32 heavy (non-hydrogen) atoms. The number of alkyl halides is 1. The summed E-state index contributed by atoms with van der Waals surface area (Å²) >= 11 is 5.86. The molecule has 6 rings (SSSR count). The molecule has 0 spiro atoms. The van der Waals surface area contributed by atoms with Crippen LogP contribution >= 0.6 is 11.6 Å². The highest BCUT2D eigenvalue weighted by molar-refractivity contribution is 7.86. The normalized spacial score (nSPS) is 32.1. The van der Waals surface area contributed by atoms with Crippen molar-refractivity contribution in [2.45, 2.75) is 65.8 Å². The van der Waals surface area contributed by atoms with Crippen LogP contribution in [0.2, 0.25) is 5.02 Å². The summed E-state index contributed by atoms with van der Waals surface area (Å²) in [5.74, 6) is 1.26. The van der Waals surface area contributed by atoms with Crippen LogP contribution in [0.3, 0.4) is 0 Å². The van der Waals surface area contributed by atoms with Crippen LogP contribution in [0.5, 0.6) is 0 Å². The van der Waals surface area contributed by atoms with Crippen molar-refractivity contribution in [2.75, 3.05) is 29.9 Å². The van der Waals surface area contributed by atoms with Crippen molar-refractivity contribution in [1.82, 2.24) is 19.9 Å². The Kier molecular flexibility index (Phi) is 4.89. The average Bonchev–Trinajstić information content (AvgIpc) is 3.52. The molecular formula is C21H24ClFN6O2S. The second-order valence-corrected chi connectivity index (χ2v) is 11.3. The van der Waals surface area contributed by atoms with E-state index in [0.29, 0.717) is 40.5 Å². The molecule has 2 aromatic heterocycles. The van der Waals surface area contributed by atoms with Gasteiger partial charge in [0, 0.05) is 30.1 Å². The van der Waals surface area contributed by atoms with Crippen LogP contribution in [0.25, 0.3) is 0 Å². The summed E-state index contributed by atoms with van der Waals surface area (Å²) in [5, 5.41) is 13.9. The molecule has 1 saturated heterocycles. The maximum Gasteiger partial charge on any atom is 0.227 e. The molecule has 2 aromatic rings. The number of halogens is 2. The molecule has 170 valence electrons. The molecule has 0 bridgehead atoms. The molecule has 2 N–H and O–H groups in total. The van der Waals surface area contributed by atoms with Gasteiger partial charge in [-0.3, -0.25) is 4.21 Å². The van der Waals surface area contributed by atoms with Gasteiger partial charge in [0.15, 0.2) is 0 Å². The summed E-state index contributed by atoms with van der Waals surface area (Å²) in [6, 6.07) is 0. The van der Waals surface area contributed by atoms with Gasteiger partial charge in [-0.25, -0.2) is 19.3 Å². The van der Waals surface area contributed by atoms with E-state index in [1.807, 2.05) is 4.90 Å². The zero-order valence-corrected chi connectivity index (χ0v) is 18.9. The van der Waals surface area contributed by atoms with Crippen molar-refractivity contribution < 1.29 is 13.7 Å². The van der Waals surface area contributed by atoms with E-state index in [-0.39, 0.29) is 24.3 Å². The third-order valence-corrected chi connectivity index (χ3v) is 9.30. The van der Waals surface area contributed by atoms with Crippen LogP contribution in [-0.4, -0.2) is 65.9 Å². The van der Waals surface area contributed by atoms with Crippen molar-refractivity contribution in [2.24, 2.45) is 0 Å². The number of nitrogens with one attached hydrogen (secondary N) is 1. The number of rotatable bonds is 5. The smallest absolute Gasteiger partial charge is 0.227 e. The van der Waals surface area contributed by atoms with Crippen molar-refractivity contribution >= 4 is 34.2 Å². The summed E-state index contributed by atoms with van der Waals surface area (Å²) in [6.45, 7) is 0.703. The summed E-state index contributed by atoms with van der Waals surface area (Å²) < 4.78 is 28.1. The molecule has 2 aliphatic heterocycles. The Morgan fingerprint density at radius 2 is 2.06 bits per heavy atom. The third-order valence-electron chi connectivity index (χ3n) is 7.23. The number of aromatic nitrogens is 4. The van der Waals surface area contributed by atoms with E-state index in [1.54, 1.807) is 0 Å². The highest BCUT2D eigenvalue weighted by Crippen LogP contribution is 2.56. The Hall–Kier alpha value is -1.91. The number of hydrogen-bond donors (Lipinski definition) is 2. The highest BCUT2D eigenvalue weighted by atomic mass is 35.5. The van der Waals surface area contributed by atoms with E-state index in [9.17, 15) is 9.32 Å². The SMILES string of the molecule is O=[S@]1c2c(NC3(CO)CCC3)nc(N3CCC(c4ncc(Cl)cn4)C(F)C3)nc2C2CC21. The van der Waals surface area contributed by atoms with Gasteiger partial charge in [0.2, 0.25) is 5.95 Å². The van der Waals surface area contributed by atoms with E-state index in [2.05, 4.69) is 15.3 Å². The van der Waals surface area contributed by atoms with Crippen LogP contribution in [0.4, 0.5) is 16.2 Å².